The molecule has 3 nitrogen and oxygen atoms in total. The van der Waals surface area contributed by atoms with Gasteiger partial charge in [0.15, 0.2) is 0 Å². The Bertz CT molecular complexity index is 660. The van der Waals surface area contributed by atoms with Gasteiger partial charge in [0.25, 0.3) is 0 Å². The number of aromatic nitrogens is 1. The molecule has 0 saturated carbocycles. The summed E-state index contributed by atoms with van der Waals surface area (Å²) in [5, 5.41) is 0. The molecule has 21 heavy (non-hydrogen) atoms. The summed E-state index contributed by atoms with van der Waals surface area (Å²) >= 11 is 5.70. The van der Waals surface area contributed by atoms with E-state index in [-0.39, 0.29) is 11.5 Å². The van der Waals surface area contributed by atoms with E-state index in [1.165, 1.54) is 0 Å². The van der Waals surface area contributed by atoms with Crippen molar-refractivity contribution in [1.29, 1.82) is 0 Å². The summed E-state index contributed by atoms with van der Waals surface area (Å²) in [6, 6.07) is 15.9. The van der Waals surface area contributed by atoms with Crippen molar-refractivity contribution in [3.8, 4) is 0 Å². The highest BCUT2D eigenvalue weighted by atomic mass is 32.5. The van der Waals surface area contributed by atoms with Crippen LogP contribution in [0.5, 0.6) is 0 Å². The van der Waals surface area contributed by atoms with E-state index in [1.807, 2.05) is 36.4 Å². The Hall–Kier alpha value is -1.06. The molecule has 0 aliphatic carbocycles. The van der Waals surface area contributed by atoms with E-state index in [0.717, 1.165) is 11.0 Å². The minimum atomic E-state index is -2.55. The molecule has 2 aromatic rings. The van der Waals surface area contributed by atoms with Crippen molar-refractivity contribution in [3.05, 3.63) is 60.3 Å². The van der Waals surface area contributed by atoms with Crippen LogP contribution < -0.4 is 5.44 Å². The van der Waals surface area contributed by atoms with Crippen molar-refractivity contribution < 1.29 is 9.05 Å². The SMILES string of the molecule is CC1(C)CO[P@](=S)(c2ccccn2)O[C@H]1c1ccccc1. The fraction of sp³-hybridized carbons (Fsp3) is 0.312. The molecule has 1 aromatic heterocycles. The molecule has 1 aromatic carbocycles. The third-order valence-electron chi connectivity index (χ3n) is 3.59. The number of nitrogens with zero attached hydrogens (tertiary/aromatic N) is 1. The van der Waals surface area contributed by atoms with Gasteiger partial charge < -0.3 is 9.05 Å². The average molecular weight is 319 g/mol. The maximum atomic E-state index is 6.30. The minimum Gasteiger partial charge on any atom is -0.324 e. The molecule has 1 fully saturated rings. The Morgan fingerprint density at radius 2 is 1.86 bits per heavy atom. The Labute approximate surface area is 130 Å². The first kappa shape index (κ1) is 14.9. The first-order valence-electron chi connectivity index (χ1n) is 6.91. The fourth-order valence-electron chi connectivity index (χ4n) is 2.41. The van der Waals surface area contributed by atoms with E-state index >= 15 is 0 Å². The zero-order chi connectivity index (χ0) is 14.9. The van der Waals surface area contributed by atoms with E-state index in [0.29, 0.717) is 6.61 Å². The van der Waals surface area contributed by atoms with Gasteiger partial charge in [-0.25, -0.2) is 0 Å². The molecule has 0 N–H and O–H groups in total. The molecule has 110 valence electrons. The molecular weight excluding hydrogens is 301 g/mol. The Morgan fingerprint density at radius 3 is 2.52 bits per heavy atom. The summed E-state index contributed by atoms with van der Waals surface area (Å²) in [5.41, 5.74) is 1.74. The topological polar surface area (TPSA) is 31.4 Å². The lowest BCUT2D eigenvalue weighted by Gasteiger charge is -2.43. The van der Waals surface area contributed by atoms with Crippen molar-refractivity contribution in [2.45, 2.75) is 20.0 Å². The van der Waals surface area contributed by atoms with Gasteiger partial charge in [-0.3, -0.25) is 4.98 Å². The van der Waals surface area contributed by atoms with Crippen molar-refractivity contribution in [2.75, 3.05) is 6.61 Å². The van der Waals surface area contributed by atoms with Gasteiger partial charge in [-0.1, -0.05) is 50.2 Å². The quantitative estimate of drug-likeness (QED) is 0.787. The predicted molar refractivity (Wildman–Crippen MR) is 88.2 cm³/mol. The van der Waals surface area contributed by atoms with Gasteiger partial charge in [0.2, 0.25) is 6.49 Å². The van der Waals surface area contributed by atoms with Crippen LogP contribution in [0.1, 0.15) is 25.5 Å². The highest BCUT2D eigenvalue weighted by Gasteiger charge is 2.43. The van der Waals surface area contributed by atoms with Gasteiger partial charge in [0.05, 0.1) is 12.7 Å². The van der Waals surface area contributed by atoms with Gasteiger partial charge in [0, 0.05) is 11.6 Å². The van der Waals surface area contributed by atoms with E-state index in [4.69, 9.17) is 20.9 Å². The number of rotatable bonds is 2. The number of hydrogen-bond acceptors (Lipinski definition) is 4. The van der Waals surface area contributed by atoms with Gasteiger partial charge >= 0.3 is 0 Å². The standard InChI is InChI=1S/C16H18NO2PS/c1-16(2)12-18-20(21,14-10-6-7-11-17-14)19-15(16)13-8-4-3-5-9-13/h3-11,15H,12H2,1-2H3/t15-,20+/m0/s1. The monoisotopic (exact) mass is 319 g/mol. The number of pyridine rings is 1. The largest absolute Gasteiger partial charge is 0.324 e. The third-order valence-corrected chi connectivity index (χ3v) is 6.51. The molecule has 0 unspecified atom stereocenters. The van der Waals surface area contributed by atoms with Crippen LogP contribution in [0.25, 0.3) is 0 Å². The second kappa shape index (κ2) is 5.62. The summed E-state index contributed by atoms with van der Waals surface area (Å²) in [7, 11) is 0. The number of hydrogen-bond donors (Lipinski definition) is 0. The lowest BCUT2D eigenvalue weighted by molar-refractivity contribution is -0.00911. The van der Waals surface area contributed by atoms with Crippen LogP contribution in [0.4, 0.5) is 0 Å². The molecule has 0 amide bonds. The summed E-state index contributed by atoms with van der Waals surface area (Å²) in [5.74, 6) is 0. The lowest BCUT2D eigenvalue weighted by Crippen LogP contribution is -2.35. The summed E-state index contributed by atoms with van der Waals surface area (Å²) in [6.07, 6.45) is 1.65. The van der Waals surface area contributed by atoms with Crippen LogP contribution in [0.2, 0.25) is 0 Å². The maximum absolute atomic E-state index is 6.30. The van der Waals surface area contributed by atoms with Crippen LogP contribution >= 0.6 is 6.49 Å². The van der Waals surface area contributed by atoms with Crippen LogP contribution in [0.15, 0.2) is 54.7 Å². The predicted octanol–water partition coefficient (Wildman–Crippen LogP) is 3.83. The molecule has 1 aliphatic rings. The maximum Gasteiger partial charge on any atom is 0.238 e. The molecular formula is C16H18NO2PS. The summed E-state index contributed by atoms with van der Waals surface area (Å²) in [6.45, 7) is 2.31. The van der Waals surface area contributed by atoms with Gasteiger partial charge in [0.1, 0.15) is 5.44 Å². The fourth-order valence-corrected chi connectivity index (χ4v) is 5.12. The van der Waals surface area contributed by atoms with E-state index in [9.17, 15) is 0 Å². The van der Waals surface area contributed by atoms with Crippen molar-refractivity contribution >= 4 is 23.7 Å². The Morgan fingerprint density at radius 1 is 1.14 bits per heavy atom. The Kier molecular flexibility index (Phi) is 3.98. The van der Waals surface area contributed by atoms with E-state index < -0.39 is 6.49 Å². The third kappa shape index (κ3) is 2.95. The molecule has 2 heterocycles. The smallest absolute Gasteiger partial charge is 0.238 e. The van der Waals surface area contributed by atoms with Crippen LogP contribution in [-0.4, -0.2) is 11.6 Å². The van der Waals surface area contributed by atoms with Crippen molar-refractivity contribution in [1.82, 2.24) is 4.98 Å². The van der Waals surface area contributed by atoms with Gasteiger partial charge in [-0.2, -0.15) is 0 Å². The highest BCUT2D eigenvalue weighted by Crippen LogP contribution is 2.59. The first-order valence-corrected chi connectivity index (χ1v) is 9.55. The molecule has 0 spiro atoms. The highest BCUT2D eigenvalue weighted by molar-refractivity contribution is 8.13. The molecule has 3 rings (SSSR count). The summed E-state index contributed by atoms with van der Waals surface area (Å²) < 4.78 is 12.3. The van der Waals surface area contributed by atoms with Crippen LogP contribution in [-0.2, 0) is 20.9 Å². The molecule has 5 heteroatoms. The van der Waals surface area contributed by atoms with Crippen molar-refractivity contribution in [3.63, 3.8) is 0 Å². The van der Waals surface area contributed by atoms with Gasteiger partial charge in [-0.05, 0) is 29.5 Å². The molecule has 2 atom stereocenters. The molecule has 0 radical (unpaired) electrons. The zero-order valence-corrected chi connectivity index (χ0v) is 13.8. The minimum absolute atomic E-state index is 0.0831. The zero-order valence-electron chi connectivity index (χ0n) is 12.1. The first-order chi connectivity index (χ1) is 10.0. The van der Waals surface area contributed by atoms with Crippen LogP contribution in [0, 0.1) is 5.41 Å². The lowest BCUT2D eigenvalue weighted by atomic mass is 9.83. The van der Waals surface area contributed by atoms with Crippen LogP contribution in [0.3, 0.4) is 0 Å². The normalized spacial score (nSPS) is 28.2. The molecule has 0 bridgehead atoms. The van der Waals surface area contributed by atoms with Gasteiger partial charge in [-0.15, -0.1) is 0 Å². The average Bonchev–Trinajstić information content (AvgIpc) is 2.52. The second-order valence-corrected chi connectivity index (χ2v) is 9.21. The second-order valence-electron chi connectivity index (χ2n) is 5.84. The van der Waals surface area contributed by atoms with Crippen molar-refractivity contribution in [2.24, 2.45) is 5.41 Å². The molecule has 1 aliphatic heterocycles. The number of benzene rings is 1. The molecule has 1 saturated heterocycles. The van der Waals surface area contributed by atoms with E-state index in [1.54, 1.807) is 6.20 Å². The van der Waals surface area contributed by atoms with E-state index in [2.05, 4.69) is 31.0 Å². The Balaban J connectivity index is 1.98. The summed E-state index contributed by atoms with van der Waals surface area (Å²) in [4.78, 5) is 4.35.